The Morgan fingerprint density at radius 1 is 1.50 bits per heavy atom. The normalized spacial score (nSPS) is 12.9. The lowest BCUT2D eigenvalue weighted by Crippen LogP contribution is -2.10. The van der Waals surface area contributed by atoms with Crippen molar-refractivity contribution in [1.82, 2.24) is 0 Å². The van der Waals surface area contributed by atoms with Gasteiger partial charge in [0.2, 0.25) is 0 Å². The maximum atomic E-state index is 10.8. The van der Waals surface area contributed by atoms with Crippen molar-refractivity contribution < 1.29 is 9.90 Å². The van der Waals surface area contributed by atoms with Crippen LogP contribution >= 0.6 is 23.1 Å². The second kappa shape index (κ2) is 4.47. The first-order valence-corrected chi connectivity index (χ1v) is 6.72. The Kier molecular flexibility index (Phi) is 3.21. The molecule has 0 aliphatic rings. The largest absolute Gasteiger partial charge is 0.480 e. The quantitative estimate of drug-likeness (QED) is 0.845. The first-order valence-electron chi connectivity index (χ1n) is 4.96. The Morgan fingerprint density at radius 2 is 2.25 bits per heavy atom. The van der Waals surface area contributed by atoms with Crippen LogP contribution in [0.15, 0.2) is 28.5 Å². The molecule has 0 aliphatic heterocycles. The maximum absolute atomic E-state index is 10.8. The SMILES string of the molecule is Cc1csc2c(SC(C)C(=O)O)cccc12. The number of thiophene rings is 1. The van der Waals surface area contributed by atoms with Crippen molar-refractivity contribution in [2.75, 3.05) is 0 Å². The van der Waals surface area contributed by atoms with E-state index in [1.807, 2.05) is 12.1 Å². The van der Waals surface area contributed by atoms with Gasteiger partial charge in [-0.05, 0) is 36.2 Å². The molecule has 84 valence electrons. The third-order valence-electron chi connectivity index (χ3n) is 2.41. The molecule has 16 heavy (non-hydrogen) atoms. The van der Waals surface area contributed by atoms with Crippen molar-refractivity contribution in [3.05, 3.63) is 29.1 Å². The molecule has 0 aliphatic carbocycles. The highest BCUT2D eigenvalue weighted by atomic mass is 32.2. The van der Waals surface area contributed by atoms with Gasteiger partial charge in [0.05, 0.1) is 0 Å². The molecular weight excluding hydrogens is 240 g/mol. The lowest BCUT2D eigenvalue weighted by atomic mass is 10.2. The highest BCUT2D eigenvalue weighted by Gasteiger charge is 2.14. The van der Waals surface area contributed by atoms with E-state index in [1.165, 1.54) is 27.4 Å². The van der Waals surface area contributed by atoms with E-state index in [4.69, 9.17) is 5.11 Å². The van der Waals surface area contributed by atoms with Crippen molar-refractivity contribution in [2.24, 2.45) is 0 Å². The van der Waals surface area contributed by atoms with Crippen molar-refractivity contribution in [2.45, 2.75) is 24.0 Å². The summed E-state index contributed by atoms with van der Waals surface area (Å²) in [5.74, 6) is -0.768. The summed E-state index contributed by atoms with van der Waals surface area (Å²) < 4.78 is 1.19. The fourth-order valence-electron chi connectivity index (χ4n) is 1.49. The van der Waals surface area contributed by atoms with Crippen LogP contribution in [0.5, 0.6) is 0 Å². The molecule has 0 saturated carbocycles. The number of fused-ring (bicyclic) bond motifs is 1. The van der Waals surface area contributed by atoms with Crippen LogP contribution in [-0.2, 0) is 4.79 Å². The van der Waals surface area contributed by atoms with Crippen LogP contribution in [0, 0.1) is 6.92 Å². The number of carboxylic acids is 1. The second-order valence-corrected chi connectivity index (χ2v) is 5.91. The van der Waals surface area contributed by atoms with Gasteiger partial charge in [-0.1, -0.05) is 12.1 Å². The van der Waals surface area contributed by atoms with E-state index in [9.17, 15) is 4.79 Å². The Morgan fingerprint density at radius 3 is 2.94 bits per heavy atom. The van der Waals surface area contributed by atoms with Crippen LogP contribution in [-0.4, -0.2) is 16.3 Å². The minimum atomic E-state index is -0.768. The molecule has 2 nitrogen and oxygen atoms in total. The van der Waals surface area contributed by atoms with Crippen molar-refractivity contribution >= 4 is 39.2 Å². The molecule has 2 aromatic rings. The number of carbonyl (C=O) groups is 1. The van der Waals surface area contributed by atoms with E-state index in [0.29, 0.717) is 0 Å². The lowest BCUT2D eigenvalue weighted by Gasteiger charge is -2.06. The molecule has 1 heterocycles. The molecule has 0 spiro atoms. The second-order valence-electron chi connectivity index (χ2n) is 3.65. The number of aliphatic carboxylic acids is 1. The van der Waals surface area contributed by atoms with Gasteiger partial charge < -0.3 is 5.11 Å². The average Bonchev–Trinajstić information content (AvgIpc) is 2.62. The third-order valence-corrected chi connectivity index (χ3v) is 4.83. The van der Waals surface area contributed by atoms with Gasteiger partial charge in [0.15, 0.2) is 0 Å². The Hall–Kier alpha value is -1.00. The van der Waals surface area contributed by atoms with E-state index < -0.39 is 11.2 Å². The van der Waals surface area contributed by atoms with Gasteiger partial charge in [-0.2, -0.15) is 0 Å². The summed E-state index contributed by atoms with van der Waals surface area (Å²) in [6.45, 7) is 3.79. The van der Waals surface area contributed by atoms with E-state index in [0.717, 1.165) is 4.90 Å². The monoisotopic (exact) mass is 252 g/mol. The molecule has 0 amide bonds. The number of rotatable bonds is 3. The standard InChI is InChI=1S/C12H12O2S2/c1-7-6-15-11-9(7)4-3-5-10(11)16-8(2)12(13)14/h3-6,8H,1-2H3,(H,13,14). The van der Waals surface area contributed by atoms with Gasteiger partial charge in [0.1, 0.15) is 5.25 Å². The van der Waals surface area contributed by atoms with E-state index in [2.05, 4.69) is 18.4 Å². The molecule has 2 rings (SSSR count). The molecule has 1 N–H and O–H groups in total. The van der Waals surface area contributed by atoms with Gasteiger partial charge in [-0.3, -0.25) is 4.79 Å². The van der Waals surface area contributed by atoms with Gasteiger partial charge >= 0.3 is 5.97 Å². The molecule has 1 aromatic heterocycles. The topological polar surface area (TPSA) is 37.3 Å². The minimum Gasteiger partial charge on any atom is -0.480 e. The first-order chi connectivity index (χ1) is 7.59. The summed E-state index contributed by atoms with van der Waals surface area (Å²) in [6, 6.07) is 6.05. The van der Waals surface area contributed by atoms with Crippen molar-refractivity contribution in [3.63, 3.8) is 0 Å². The molecule has 1 unspecified atom stereocenters. The molecule has 0 fully saturated rings. The smallest absolute Gasteiger partial charge is 0.316 e. The molecule has 0 bridgehead atoms. The summed E-state index contributed by atoms with van der Waals surface area (Å²) >= 11 is 3.09. The third kappa shape index (κ3) is 2.08. The number of benzene rings is 1. The van der Waals surface area contributed by atoms with Crippen LogP contribution in [0.1, 0.15) is 12.5 Å². The number of hydrogen-bond acceptors (Lipinski definition) is 3. The van der Waals surface area contributed by atoms with Crippen LogP contribution in [0.2, 0.25) is 0 Å². The molecule has 1 aromatic carbocycles. The average molecular weight is 252 g/mol. The van der Waals surface area contributed by atoms with Crippen LogP contribution < -0.4 is 0 Å². The Bertz CT molecular complexity index is 531. The number of hydrogen-bond donors (Lipinski definition) is 1. The summed E-state index contributed by atoms with van der Waals surface area (Å²) in [4.78, 5) is 11.9. The zero-order valence-electron chi connectivity index (χ0n) is 9.06. The summed E-state index contributed by atoms with van der Waals surface area (Å²) in [6.07, 6.45) is 0. The number of thioether (sulfide) groups is 1. The highest BCUT2D eigenvalue weighted by molar-refractivity contribution is 8.01. The number of aryl methyl sites for hydroxylation is 1. The van der Waals surface area contributed by atoms with Crippen LogP contribution in [0.25, 0.3) is 10.1 Å². The van der Waals surface area contributed by atoms with Crippen molar-refractivity contribution in [1.29, 1.82) is 0 Å². The number of carboxylic acid groups (broad SMARTS) is 1. The van der Waals surface area contributed by atoms with Gasteiger partial charge in [0.25, 0.3) is 0 Å². The lowest BCUT2D eigenvalue weighted by molar-refractivity contribution is -0.136. The molecule has 0 radical (unpaired) electrons. The first kappa shape index (κ1) is 11.5. The van der Waals surface area contributed by atoms with E-state index >= 15 is 0 Å². The fraction of sp³-hybridized carbons (Fsp3) is 0.250. The van der Waals surface area contributed by atoms with Gasteiger partial charge in [-0.15, -0.1) is 23.1 Å². The van der Waals surface area contributed by atoms with Crippen LogP contribution in [0.4, 0.5) is 0 Å². The van der Waals surface area contributed by atoms with Crippen LogP contribution in [0.3, 0.4) is 0 Å². The van der Waals surface area contributed by atoms with Crippen molar-refractivity contribution in [3.8, 4) is 0 Å². The highest BCUT2D eigenvalue weighted by Crippen LogP contribution is 2.36. The Balaban J connectivity index is 2.41. The Labute approximate surface area is 102 Å². The predicted molar refractivity (Wildman–Crippen MR) is 69.5 cm³/mol. The van der Waals surface area contributed by atoms with E-state index in [-0.39, 0.29) is 0 Å². The summed E-state index contributed by atoms with van der Waals surface area (Å²) in [5.41, 5.74) is 1.26. The van der Waals surface area contributed by atoms with E-state index in [1.54, 1.807) is 18.3 Å². The minimum absolute atomic E-state index is 0.409. The molecule has 0 saturated heterocycles. The van der Waals surface area contributed by atoms with Gasteiger partial charge in [0, 0.05) is 9.60 Å². The molecule has 1 atom stereocenters. The predicted octanol–water partition coefficient (Wildman–Crippen LogP) is 3.77. The van der Waals surface area contributed by atoms with Gasteiger partial charge in [-0.25, -0.2) is 0 Å². The zero-order valence-corrected chi connectivity index (χ0v) is 10.7. The zero-order chi connectivity index (χ0) is 11.7. The summed E-state index contributed by atoms with van der Waals surface area (Å²) in [5, 5.41) is 11.8. The molecule has 4 heteroatoms. The molecular formula is C12H12O2S2. The summed E-state index contributed by atoms with van der Waals surface area (Å²) in [7, 11) is 0. The maximum Gasteiger partial charge on any atom is 0.316 e. The fourth-order valence-corrected chi connectivity index (χ4v) is 3.60.